The zero-order valence-corrected chi connectivity index (χ0v) is 13.6. The quantitative estimate of drug-likeness (QED) is 0.525. The SMILES string of the molecule is CCCCCCCCCn1c(CC)nc2c(N)cccc21. The average Bonchev–Trinajstić information content (AvgIpc) is 2.86. The monoisotopic (exact) mass is 287 g/mol. The Morgan fingerprint density at radius 2 is 1.71 bits per heavy atom. The fourth-order valence-corrected chi connectivity index (χ4v) is 2.96. The molecule has 1 aromatic heterocycles. The molecular weight excluding hydrogens is 258 g/mol. The molecule has 0 saturated carbocycles. The lowest BCUT2D eigenvalue weighted by Crippen LogP contribution is -2.03. The van der Waals surface area contributed by atoms with Gasteiger partial charge in [0.1, 0.15) is 11.3 Å². The minimum absolute atomic E-state index is 0.792. The molecule has 116 valence electrons. The molecule has 0 aliphatic carbocycles. The summed E-state index contributed by atoms with van der Waals surface area (Å²) in [5, 5.41) is 0. The van der Waals surface area contributed by atoms with Gasteiger partial charge in [-0.05, 0) is 18.6 Å². The number of hydrogen-bond acceptors (Lipinski definition) is 2. The van der Waals surface area contributed by atoms with Crippen LogP contribution in [0.4, 0.5) is 5.69 Å². The number of anilines is 1. The lowest BCUT2D eigenvalue weighted by atomic mass is 10.1. The van der Waals surface area contributed by atoms with Crippen molar-refractivity contribution in [1.29, 1.82) is 0 Å². The maximum atomic E-state index is 6.04. The van der Waals surface area contributed by atoms with Crippen LogP contribution in [0.2, 0.25) is 0 Å². The summed E-state index contributed by atoms with van der Waals surface area (Å²) in [4.78, 5) is 4.71. The molecule has 0 spiro atoms. The highest BCUT2D eigenvalue weighted by Gasteiger charge is 2.10. The van der Waals surface area contributed by atoms with E-state index in [9.17, 15) is 0 Å². The van der Waals surface area contributed by atoms with Gasteiger partial charge in [-0.25, -0.2) is 4.98 Å². The fourth-order valence-electron chi connectivity index (χ4n) is 2.96. The second-order valence-corrected chi connectivity index (χ2v) is 5.87. The highest BCUT2D eigenvalue weighted by atomic mass is 15.1. The zero-order chi connectivity index (χ0) is 15.1. The Hall–Kier alpha value is -1.51. The largest absolute Gasteiger partial charge is 0.397 e. The van der Waals surface area contributed by atoms with Crippen LogP contribution in [0.1, 0.15) is 64.6 Å². The molecular formula is C18H29N3. The number of benzene rings is 1. The van der Waals surface area contributed by atoms with E-state index in [4.69, 9.17) is 10.7 Å². The number of para-hydroxylation sites is 1. The summed E-state index contributed by atoms with van der Waals surface area (Å²) < 4.78 is 2.36. The first kappa shape index (κ1) is 15.9. The highest BCUT2D eigenvalue weighted by molar-refractivity contribution is 5.87. The molecule has 2 rings (SSSR count). The molecule has 0 aliphatic rings. The van der Waals surface area contributed by atoms with E-state index in [1.54, 1.807) is 0 Å². The molecule has 0 amide bonds. The summed E-state index contributed by atoms with van der Waals surface area (Å²) in [5.74, 6) is 1.16. The number of rotatable bonds is 9. The van der Waals surface area contributed by atoms with E-state index in [0.717, 1.165) is 30.0 Å². The Balaban J connectivity index is 1.93. The predicted octanol–water partition coefficient (Wildman–Crippen LogP) is 4.93. The first-order valence-electron chi connectivity index (χ1n) is 8.51. The van der Waals surface area contributed by atoms with E-state index in [0.29, 0.717) is 0 Å². The Bertz CT molecular complexity index is 557. The molecule has 21 heavy (non-hydrogen) atoms. The minimum atomic E-state index is 0.792. The third-order valence-electron chi connectivity index (χ3n) is 4.19. The third-order valence-corrected chi connectivity index (χ3v) is 4.19. The summed E-state index contributed by atoms with van der Waals surface area (Å²) in [6, 6.07) is 6.10. The second kappa shape index (κ2) is 8.06. The van der Waals surface area contributed by atoms with Crippen LogP contribution < -0.4 is 5.73 Å². The van der Waals surface area contributed by atoms with Gasteiger partial charge in [-0.3, -0.25) is 0 Å². The van der Waals surface area contributed by atoms with Gasteiger partial charge < -0.3 is 10.3 Å². The first-order valence-corrected chi connectivity index (χ1v) is 8.51. The van der Waals surface area contributed by atoms with Crippen LogP contribution >= 0.6 is 0 Å². The summed E-state index contributed by atoms with van der Waals surface area (Å²) in [6.45, 7) is 5.50. The predicted molar refractivity (Wildman–Crippen MR) is 91.5 cm³/mol. The lowest BCUT2D eigenvalue weighted by molar-refractivity contribution is 0.547. The van der Waals surface area contributed by atoms with Crippen molar-refractivity contribution in [3.63, 3.8) is 0 Å². The Morgan fingerprint density at radius 3 is 2.43 bits per heavy atom. The van der Waals surface area contributed by atoms with Crippen molar-refractivity contribution >= 4 is 16.7 Å². The highest BCUT2D eigenvalue weighted by Crippen LogP contribution is 2.23. The van der Waals surface area contributed by atoms with Gasteiger partial charge in [0, 0.05) is 13.0 Å². The number of aryl methyl sites for hydroxylation is 2. The zero-order valence-electron chi connectivity index (χ0n) is 13.6. The molecule has 0 saturated heterocycles. The molecule has 3 nitrogen and oxygen atoms in total. The van der Waals surface area contributed by atoms with Gasteiger partial charge in [0.05, 0.1) is 11.2 Å². The summed E-state index contributed by atoms with van der Waals surface area (Å²) >= 11 is 0. The Labute approximate surface area is 128 Å². The van der Waals surface area contributed by atoms with Crippen molar-refractivity contribution in [2.75, 3.05) is 5.73 Å². The van der Waals surface area contributed by atoms with Gasteiger partial charge in [-0.1, -0.05) is 58.4 Å². The van der Waals surface area contributed by atoms with E-state index < -0.39 is 0 Å². The van der Waals surface area contributed by atoms with Crippen LogP contribution in [0.5, 0.6) is 0 Å². The van der Waals surface area contributed by atoms with Crippen LogP contribution in [0.15, 0.2) is 18.2 Å². The number of nitrogens with zero attached hydrogens (tertiary/aromatic N) is 2. The van der Waals surface area contributed by atoms with Crippen LogP contribution in [0, 0.1) is 0 Å². The van der Waals surface area contributed by atoms with Crippen LogP contribution in [0.3, 0.4) is 0 Å². The molecule has 0 fully saturated rings. The molecule has 1 heterocycles. The lowest BCUT2D eigenvalue weighted by Gasteiger charge is -2.08. The van der Waals surface area contributed by atoms with Crippen LogP contribution in [-0.4, -0.2) is 9.55 Å². The van der Waals surface area contributed by atoms with Crippen molar-refractivity contribution < 1.29 is 0 Å². The minimum Gasteiger partial charge on any atom is -0.397 e. The van der Waals surface area contributed by atoms with Gasteiger partial charge in [-0.2, -0.15) is 0 Å². The summed E-state index contributed by atoms with van der Waals surface area (Å²) in [5.41, 5.74) is 8.99. The van der Waals surface area contributed by atoms with Crippen molar-refractivity contribution in [2.24, 2.45) is 0 Å². The van der Waals surface area contributed by atoms with Gasteiger partial charge in [0.25, 0.3) is 0 Å². The van der Waals surface area contributed by atoms with E-state index in [2.05, 4.69) is 24.5 Å². The standard InChI is InChI=1S/C18H29N3/c1-3-5-6-7-8-9-10-14-21-16-13-11-12-15(19)18(16)20-17(21)4-2/h11-13H,3-10,14,19H2,1-2H3. The van der Waals surface area contributed by atoms with Crippen LogP contribution in [-0.2, 0) is 13.0 Å². The topological polar surface area (TPSA) is 43.8 Å². The normalized spacial score (nSPS) is 11.3. The number of fused-ring (bicyclic) bond motifs is 1. The number of aromatic nitrogens is 2. The molecule has 1 aromatic carbocycles. The molecule has 0 aliphatic heterocycles. The Kier molecular flexibility index (Phi) is 6.09. The summed E-state index contributed by atoms with van der Waals surface area (Å²) in [6.07, 6.45) is 10.3. The Morgan fingerprint density at radius 1 is 1.00 bits per heavy atom. The molecule has 0 bridgehead atoms. The molecule has 0 atom stereocenters. The van der Waals surface area contributed by atoms with E-state index in [-0.39, 0.29) is 0 Å². The van der Waals surface area contributed by atoms with Gasteiger partial charge >= 0.3 is 0 Å². The van der Waals surface area contributed by atoms with Gasteiger partial charge in [-0.15, -0.1) is 0 Å². The molecule has 0 unspecified atom stereocenters. The number of imidazole rings is 1. The number of nitrogen functional groups attached to an aromatic ring is 1. The van der Waals surface area contributed by atoms with Gasteiger partial charge in [0.2, 0.25) is 0 Å². The molecule has 0 radical (unpaired) electrons. The molecule has 3 heteroatoms. The van der Waals surface area contributed by atoms with Crippen molar-refractivity contribution in [3.05, 3.63) is 24.0 Å². The fraction of sp³-hybridized carbons (Fsp3) is 0.611. The van der Waals surface area contributed by atoms with E-state index in [1.807, 2.05) is 12.1 Å². The average molecular weight is 287 g/mol. The molecule has 2 aromatic rings. The maximum Gasteiger partial charge on any atom is 0.112 e. The third kappa shape index (κ3) is 3.99. The molecule has 2 N–H and O–H groups in total. The van der Waals surface area contributed by atoms with E-state index in [1.165, 1.54) is 50.5 Å². The smallest absolute Gasteiger partial charge is 0.112 e. The van der Waals surface area contributed by atoms with Crippen molar-refractivity contribution in [3.8, 4) is 0 Å². The summed E-state index contributed by atoms with van der Waals surface area (Å²) in [7, 11) is 0. The number of hydrogen-bond donors (Lipinski definition) is 1. The maximum absolute atomic E-state index is 6.04. The van der Waals surface area contributed by atoms with Crippen molar-refractivity contribution in [1.82, 2.24) is 9.55 Å². The number of nitrogens with two attached hydrogens (primary N) is 1. The second-order valence-electron chi connectivity index (χ2n) is 5.87. The van der Waals surface area contributed by atoms with Crippen molar-refractivity contribution in [2.45, 2.75) is 71.8 Å². The van der Waals surface area contributed by atoms with Gasteiger partial charge in [0.15, 0.2) is 0 Å². The van der Waals surface area contributed by atoms with Crippen LogP contribution in [0.25, 0.3) is 11.0 Å². The van der Waals surface area contributed by atoms with E-state index >= 15 is 0 Å². The number of unbranched alkanes of at least 4 members (excludes halogenated alkanes) is 6. The first-order chi connectivity index (χ1) is 10.3.